The van der Waals surface area contributed by atoms with Gasteiger partial charge in [0.25, 0.3) is 0 Å². The van der Waals surface area contributed by atoms with E-state index in [1.165, 1.54) is 11.8 Å². The van der Waals surface area contributed by atoms with Crippen molar-refractivity contribution >= 4 is 17.6 Å². The molecular weight excluding hydrogens is 265 g/mol. The van der Waals surface area contributed by atoms with Crippen LogP contribution in [0.2, 0.25) is 0 Å². The highest BCUT2D eigenvalue weighted by atomic mass is 32.2. The lowest BCUT2D eigenvalue weighted by Gasteiger charge is -2.14. The molecule has 7 nitrogen and oxygen atoms in total. The van der Waals surface area contributed by atoms with E-state index in [9.17, 15) is 9.18 Å². The summed E-state index contributed by atoms with van der Waals surface area (Å²) < 4.78 is 19.9. The van der Waals surface area contributed by atoms with E-state index in [0.29, 0.717) is 5.75 Å². The molecule has 1 fully saturated rings. The highest BCUT2D eigenvalue weighted by Crippen LogP contribution is 2.30. The van der Waals surface area contributed by atoms with E-state index in [2.05, 4.69) is 10.3 Å². The summed E-state index contributed by atoms with van der Waals surface area (Å²) in [6.07, 6.45) is 0.322. The zero-order chi connectivity index (χ0) is 13.1. The van der Waals surface area contributed by atoms with Gasteiger partial charge in [0.15, 0.2) is 11.6 Å². The van der Waals surface area contributed by atoms with Crippen LogP contribution in [0.4, 0.5) is 10.2 Å². The van der Waals surface area contributed by atoms with Gasteiger partial charge in [0, 0.05) is 5.75 Å². The summed E-state index contributed by atoms with van der Waals surface area (Å²) in [6, 6.07) is 0. The molecular formula is C9H12FN3O4S. The fourth-order valence-electron chi connectivity index (χ4n) is 1.54. The van der Waals surface area contributed by atoms with E-state index in [1.54, 1.807) is 0 Å². The molecule has 0 bridgehead atoms. The molecule has 1 aliphatic rings. The highest BCUT2D eigenvalue weighted by Gasteiger charge is 2.28. The maximum Gasteiger partial charge on any atom is 0.351 e. The number of aliphatic hydroxyl groups is 2. The Morgan fingerprint density at radius 1 is 1.67 bits per heavy atom. The molecule has 100 valence electrons. The number of aliphatic hydroxyl groups excluding tert-OH is 2. The van der Waals surface area contributed by atoms with E-state index in [1.807, 2.05) is 0 Å². The number of rotatable bonds is 4. The zero-order valence-corrected chi connectivity index (χ0v) is 10.1. The number of halogens is 1. The summed E-state index contributed by atoms with van der Waals surface area (Å²) in [7, 11) is 0. The van der Waals surface area contributed by atoms with Gasteiger partial charge in [-0.05, 0) is 0 Å². The lowest BCUT2D eigenvalue weighted by Crippen LogP contribution is -2.30. The van der Waals surface area contributed by atoms with Crippen molar-refractivity contribution in [2.75, 3.05) is 24.4 Å². The predicted octanol–water partition coefficient (Wildman–Crippen LogP) is -0.676. The van der Waals surface area contributed by atoms with E-state index in [-0.39, 0.29) is 12.4 Å². The van der Waals surface area contributed by atoms with Crippen LogP contribution >= 0.6 is 11.8 Å². The molecule has 2 rings (SSSR count). The monoisotopic (exact) mass is 277 g/mol. The van der Waals surface area contributed by atoms with Gasteiger partial charge >= 0.3 is 5.69 Å². The lowest BCUT2D eigenvalue weighted by atomic mass is 10.5. The zero-order valence-electron chi connectivity index (χ0n) is 9.24. The van der Waals surface area contributed by atoms with Crippen LogP contribution in [0.15, 0.2) is 11.0 Å². The molecule has 0 radical (unpaired) electrons. The van der Waals surface area contributed by atoms with Crippen molar-refractivity contribution in [2.24, 2.45) is 0 Å². The Kier molecular flexibility index (Phi) is 4.17. The first-order valence-corrected chi connectivity index (χ1v) is 6.22. The molecule has 1 aromatic rings. The molecule has 2 atom stereocenters. The van der Waals surface area contributed by atoms with Crippen molar-refractivity contribution in [3.05, 3.63) is 22.5 Å². The van der Waals surface area contributed by atoms with E-state index in [4.69, 9.17) is 14.9 Å². The van der Waals surface area contributed by atoms with Gasteiger partial charge in [0.05, 0.1) is 12.8 Å². The van der Waals surface area contributed by atoms with E-state index < -0.39 is 29.9 Å². The minimum Gasteiger partial charge on any atom is -0.393 e. The van der Waals surface area contributed by atoms with Crippen LogP contribution in [0.3, 0.4) is 0 Å². The topological polar surface area (TPSA) is 96.6 Å². The molecule has 18 heavy (non-hydrogen) atoms. The maximum atomic E-state index is 13.5. The predicted molar refractivity (Wildman–Crippen MR) is 62.6 cm³/mol. The number of anilines is 1. The largest absolute Gasteiger partial charge is 0.393 e. The first kappa shape index (κ1) is 13.3. The second-order valence-electron chi connectivity index (χ2n) is 3.50. The second-order valence-corrected chi connectivity index (χ2v) is 4.69. The Balaban J connectivity index is 2.24. The quantitative estimate of drug-likeness (QED) is 0.628. The number of hydrogen-bond donors (Lipinski definition) is 3. The van der Waals surface area contributed by atoms with E-state index >= 15 is 0 Å². The number of nitrogens with one attached hydrogen (secondary N) is 1. The summed E-state index contributed by atoms with van der Waals surface area (Å²) in [5.74, 6) is -0.633. The molecule has 9 heteroatoms. The molecule has 0 spiro atoms. The number of ether oxygens (including phenoxy) is 1. The van der Waals surface area contributed by atoms with Crippen LogP contribution in [0.5, 0.6) is 0 Å². The maximum absolute atomic E-state index is 13.5. The first-order chi connectivity index (χ1) is 8.65. The number of nitrogens with zero attached hydrogens (tertiary/aromatic N) is 2. The minimum atomic E-state index is -0.760. The van der Waals surface area contributed by atoms with Crippen LogP contribution in [0, 0.1) is 5.82 Å². The van der Waals surface area contributed by atoms with E-state index in [0.717, 1.165) is 10.8 Å². The molecule has 0 aliphatic carbocycles. The summed E-state index contributed by atoms with van der Waals surface area (Å²) in [5.41, 5.74) is -1.10. The minimum absolute atomic E-state index is 0.171. The van der Waals surface area contributed by atoms with Crippen LogP contribution in [-0.4, -0.2) is 44.3 Å². The van der Waals surface area contributed by atoms with Crippen molar-refractivity contribution in [3.8, 4) is 0 Å². The number of hydrogen-bond acceptors (Lipinski definition) is 7. The Morgan fingerprint density at radius 2 is 2.44 bits per heavy atom. The van der Waals surface area contributed by atoms with Crippen LogP contribution in [0.1, 0.15) is 6.23 Å². The van der Waals surface area contributed by atoms with Crippen molar-refractivity contribution in [3.63, 3.8) is 0 Å². The summed E-state index contributed by atoms with van der Waals surface area (Å²) >= 11 is 1.34. The van der Waals surface area contributed by atoms with Gasteiger partial charge in [-0.1, -0.05) is 0 Å². The van der Waals surface area contributed by atoms with Gasteiger partial charge in [-0.25, -0.2) is 9.18 Å². The molecule has 0 saturated carbocycles. The average molecular weight is 277 g/mol. The molecule has 2 heterocycles. The molecule has 1 saturated heterocycles. The van der Waals surface area contributed by atoms with Gasteiger partial charge in [0.1, 0.15) is 18.4 Å². The Morgan fingerprint density at radius 3 is 3.06 bits per heavy atom. The van der Waals surface area contributed by atoms with Crippen molar-refractivity contribution in [2.45, 2.75) is 11.7 Å². The molecule has 0 amide bonds. The fraction of sp³-hybridized carbons (Fsp3) is 0.556. The Hall–Kier alpha value is -1.16. The van der Waals surface area contributed by atoms with Gasteiger partial charge in [-0.2, -0.15) is 4.98 Å². The number of thioether (sulfide) groups is 1. The summed E-state index contributed by atoms with van der Waals surface area (Å²) in [4.78, 5) is 15.1. The molecule has 1 aromatic heterocycles. The van der Waals surface area contributed by atoms with Crippen molar-refractivity contribution in [1.82, 2.24) is 9.55 Å². The van der Waals surface area contributed by atoms with Crippen LogP contribution < -0.4 is 11.0 Å². The Labute approximate surface area is 106 Å². The molecule has 0 aromatic carbocycles. The molecule has 1 aliphatic heterocycles. The highest BCUT2D eigenvalue weighted by molar-refractivity contribution is 8.00. The van der Waals surface area contributed by atoms with Crippen molar-refractivity contribution in [1.29, 1.82) is 0 Å². The third-order valence-corrected chi connectivity index (χ3v) is 3.46. The molecule has 0 unspecified atom stereocenters. The van der Waals surface area contributed by atoms with Crippen LogP contribution in [0.25, 0.3) is 0 Å². The SMILES string of the molecule is O=c1nc(NCO)c(F)cn1[C@H]1CS[C@@H](CO)O1. The second kappa shape index (κ2) is 5.65. The van der Waals surface area contributed by atoms with Gasteiger partial charge in [-0.15, -0.1) is 11.8 Å². The van der Waals surface area contributed by atoms with Gasteiger partial charge < -0.3 is 20.3 Å². The number of aromatic nitrogens is 2. The van der Waals surface area contributed by atoms with Gasteiger partial charge in [-0.3, -0.25) is 4.57 Å². The first-order valence-electron chi connectivity index (χ1n) is 5.17. The standard InChI is InChI=1S/C9H12FN3O4S/c10-5-1-13(6-3-18-7(2-14)17-6)9(16)12-8(5)11-4-15/h1,6-7,14-15H,2-4H2,(H,11,12,16)/t6-,7+/m1/s1. The average Bonchev–Trinajstić information content (AvgIpc) is 2.82. The third-order valence-electron chi connectivity index (χ3n) is 2.35. The molecule has 3 N–H and O–H groups in total. The smallest absolute Gasteiger partial charge is 0.351 e. The third kappa shape index (κ3) is 2.64. The summed E-state index contributed by atoms with van der Waals surface area (Å²) in [5, 5.41) is 19.7. The van der Waals surface area contributed by atoms with Crippen LogP contribution in [-0.2, 0) is 4.74 Å². The van der Waals surface area contributed by atoms with Gasteiger partial charge in [0.2, 0.25) is 0 Å². The summed E-state index contributed by atoms with van der Waals surface area (Å²) in [6.45, 7) is -0.689. The normalized spacial score (nSPS) is 23.3. The lowest BCUT2D eigenvalue weighted by molar-refractivity contribution is -0.00678. The van der Waals surface area contributed by atoms with Crippen molar-refractivity contribution < 1.29 is 19.3 Å². The fourth-order valence-corrected chi connectivity index (χ4v) is 2.47. The Bertz CT molecular complexity index is 483.